The van der Waals surface area contributed by atoms with Crippen LogP contribution in [0.1, 0.15) is 17.1 Å². The largest absolute Gasteiger partial charge is 0.466 e. The summed E-state index contributed by atoms with van der Waals surface area (Å²) in [6.07, 6.45) is 2.87. The lowest BCUT2D eigenvalue weighted by Crippen LogP contribution is -2.32. The third kappa shape index (κ3) is 3.14. The summed E-state index contributed by atoms with van der Waals surface area (Å²) in [5, 5.41) is 3.16. The van der Waals surface area contributed by atoms with E-state index in [1.165, 1.54) is 7.11 Å². The zero-order chi connectivity index (χ0) is 12.3. The van der Waals surface area contributed by atoms with Crippen LogP contribution in [-0.2, 0) is 16.1 Å². The van der Waals surface area contributed by atoms with Crippen LogP contribution in [0, 0.1) is 6.92 Å². The molecule has 0 saturated heterocycles. The predicted octanol–water partition coefficient (Wildman–Crippen LogP) is 1.76. The second-order valence-corrected chi connectivity index (χ2v) is 5.05. The fourth-order valence-electron chi connectivity index (χ4n) is 1.89. The predicted molar refractivity (Wildman–Crippen MR) is 66.8 cm³/mol. The zero-order valence-electron chi connectivity index (χ0n) is 10.1. The van der Waals surface area contributed by atoms with Gasteiger partial charge in [-0.15, -0.1) is 11.3 Å². The molecule has 4 nitrogen and oxygen atoms in total. The summed E-state index contributed by atoms with van der Waals surface area (Å²) < 4.78 is 4.75. The van der Waals surface area contributed by atoms with Gasteiger partial charge in [0.05, 0.1) is 13.7 Å². The van der Waals surface area contributed by atoms with Gasteiger partial charge >= 0.3 is 5.97 Å². The molecule has 0 fully saturated rings. The summed E-state index contributed by atoms with van der Waals surface area (Å²) in [5.41, 5.74) is 1.82. The molecule has 1 aromatic heterocycles. The van der Waals surface area contributed by atoms with Crippen LogP contribution in [0.4, 0.5) is 0 Å². The van der Waals surface area contributed by atoms with Gasteiger partial charge < -0.3 is 4.74 Å². The molecule has 0 unspecified atom stereocenters. The molecule has 0 atom stereocenters. The van der Waals surface area contributed by atoms with Crippen molar-refractivity contribution in [2.75, 3.05) is 20.2 Å². The topological polar surface area (TPSA) is 42.4 Å². The SMILES string of the molecule is COC(=O)C1=CCCN(Cc2nc(C)cs2)C1. The number of carbonyl (C=O) groups is 1. The maximum atomic E-state index is 11.4. The van der Waals surface area contributed by atoms with Gasteiger partial charge in [0.2, 0.25) is 0 Å². The summed E-state index contributed by atoms with van der Waals surface area (Å²) in [4.78, 5) is 18.1. The Labute approximate surface area is 105 Å². The number of aromatic nitrogens is 1. The van der Waals surface area contributed by atoms with Crippen LogP contribution in [0.3, 0.4) is 0 Å². The lowest BCUT2D eigenvalue weighted by molar-refractivity contribution is -0.136. The molecular weight excluding hydrogens is 236 g/mol. The van der Waals surface area contributed by atoms with Crippen LogP contribution >= 0.6 is 11.3 Å². The van der Waals surface area contributed by atoms with E-state index in [0.29, 0.717) is 6.54 Å². The van der Waals surface area contributed by atoms with Crippen molar-refractivity contribution >= 4 is 17.3 Å². The van der Waals surface area contributed by atoms with Crippen LogP contribution in [0.2, 0.25) is 0 Å². The van der Waals surface area contributed by atoms with E-state index in [2.05, 4.69) is 15.3 Å². The van der Waals surface area contributed by atoms with Crippen molar-refractivity contribution in [3.8, 4) is 0 Å². The first-order valence-electron chi connectivity index (χ1n) is 5.59. The normalized spacial score (nSPS) is 16.7. The summed E-state index contributed by atoms with van der Waals surface area (Å²) in [7, 11) is 1.42. The van der Waals surface area contributed by atoms with Gasteiger partial charge in [-0.1, -0.05) is 6.08 Å². The Morgan fingerprint density at radius 1 is 1.65 bits per heavy atom. The average Bonchev–Trinajstić information content (AvgIpc) is 2.74. The molecule has 2 heterocycles. The van der Waals surface area contributed by atoms with Gasteiger partial charge in [-0.3, -0.25) is 4.90 Å². The maximum Gasteiger partial charge on any atom is 0.334 e. The first kappa shape index (κ1) is 12.3. The second kappa shape index (κ2) is 5.42. The number of thiazole rings is 1. The minimum Gasteiger partial charge on any atom is -0.466 e. The minimum atomic E-state index is -0.218. The van der Waals surface area contributed by atoms with Crippen molar-refractivity contribution in [2.24, 2.45) is 0 Å². The number of hydrogen-bond acceptors (Lipinski definition) is 5. The van der Waals surface area contributed by atoms with Crippen LogP contribution in [0.25, 0.3) is 0 Å². The molecule has 5 heteroatoms. The van der Waals surface area contributed by atoms with Gasteiger partial charge in [0.25, 0.3) is 0 Å². The van der Waals surface area contributed by atoms with Gasteiger partial charge in [-0.2, -0.15) is 0 Å². The van der Waals surface area contributed by atoms with Crippen LogP contribution in [-0.4, -0.2) is 36.1 Å². The van der Waals surface area contributed by atoms with Crippen molar-refractivity contribution in [1.82, 2.24) is 9.88 Å². The number of aryl methyl sites for hydroxylation is 1. The van der Waals surface area contributed by atoms with Gasteiger partial charge in [0.15, 0.2) is 0 Å². The zero-order valence-corrected chi connectivity index (χ0v) is 10.9. The first-order valence-corrected chi connectivity index (χ1v) is 6.47. The Hall–Kier alpha value is -1.20. The molecule has 0 aliphatic carbocycles. The molecule has 0 N–H and O–H groups in total. The van der Waals surface area contributed by atoms with E-state index in [0.717, 1.165) is 35.8 Å². The Balaban J connectivity index is 1.96. The van der Waals surface area contributed by atoms with Crippen molar-refractivity contribution in [3.05, 3.63) is 27.7 Å². The second-order valence-electron chi connectivity index (χ2n) is 4.10. The third-order valence-corrected chi connectivity index (χ3v) is 3.65. The molecule has 0 spiro atoms. The molecule has 1 aliphatic heterocycles. The van der Waals surface area contributed by atoms with Crippen molar-refractivity contribution in [1.29, 1.82) is 0 Å². The van der Waals surface area contributed by atoms with Gasteiger partial charge in [0, 0.05) is 29.7 Å². The molecule has 1 aliphatic rings. The van der Waals surface area contributed by atoms with E-state index >= 15 is 0 Å². The summed E-state index contributed by atoms with van der Waals surface area (Å²) >= 11 is 1.67. The fraction of sp³-hybridized carbons (Fsp3) is 0.500. The van der Waals surface area contributed by atoms with Gasteiger partial charge in [-0.05, 0) is 13.3 Å². The molecule has 17 heavy (non-hydrogen) atoms. The monoisotopic (exact) mass is 252 g/mol. The van der Waals surface area contributed by atoms with E-state index in [9.17, 15) is 4.79 Å². The minimum absolute atomic E-state index is 0.218. The van der Waals surface area contributed by atoms with Gasteiger partial charge in [0.1, 0.15) is 5.01 Å². The Bertz CT molecular complexity index is 439. The summed E-state index contributed by atoms with van der Waals surface area (Å²) in [6, 6.07) is 0. The smallest absolute Gasteiger partial charge is 0.334 e. The van der Waals surface area contributed by atoms with E-state index in [1.807, 2.05) is 13.0 Å². The highest BCUT2D eigenvalue weighted by Gasteiger charge is 2.19. The van der Waals surface area contributed by atoms with E-state index in [4.69, 9.17) is 4.74 Å². The van der Waals surface area contributed by atoms with Crippen LogP contribution in [0.5, 0.6) is 0 Å². The molecule has 0 aromatic carbocycles. The van der Waals surface area contributed by atoms with Gasteiger partial charge in [-0.25, -0.2) is 9.78 Å². The molecule has 0 amide bonds. The Morgan fingerprint density at radius 3 is 3.12 bits per heavy atom. The van der Waals surface area contributed by atoms with Crippen molar-refractivity contribution < 1.29 is 9.53 Å². The summed E-state index contributed by atoms with van der Waals surface area (Å²) in [5.74, 6) is -0.218. The molecule has 0 radical (unpaired) electrons. The number of rotatable bonds is 3. The van der Waals surface area contributed by atoms with Crippen molar-refractivity contribution in [2.45, 2.75) is 19.9 Å². The Morgan fingerprint density at radius 2 is 2.47 bits per heavy atom. The number of carbonyl (C=O) groups excluding carboxylic acids is 1. The first-order chi connectivity index (χ1) is 8.19. The fourth-order valence-corrected chi connectivity index (χ4v) is 2.70. The molecule has 2 rings (SSSR count). The van der Waals surface area contributed by atoms with E-state index in [-0.39, 0.29) is 5.97 Å². The number of esters is 1. The lowest BCUT2D eigenvalue weighted by atomic mass is 10.1. The lowest BCUT2D eigenvalue weighted by Gasteiger charge is -2.25. The maximum absolute atomic E-state index is 11.4. The highest BCUT2D eigenvalue weighted by molar-refractivity contribution is 7.09. The molecule has 92 valence electrons. The number of hydrogen-bond donors (Lipinski definition) is 0. The van der Waals surface area contributed by atoms with E-state index < -0.39 is 0 Å². The standard InChI is InChI=1S/C12H16N2O2S/c1-9-8-17-11(13-9)7-14-5-3-4-10(6-14)12(15)16-2/h4,8H,3,5-7H2,1-2H3. The molecule has 1 aromatic rings. The highest BCUT2D eigenvalue weighted by Crippen LogP contribution is 2.16. The molecule has 0 saturated carbocycles. The number of ether oxygens (including phenoxy) is 1. The summed E-state index contributed by atoms with van der Waals surface area (Å²) in [6.45, 7) is 4.44. The van der Waals surface area contributed by atoms with Crippen LogP contribution in [0.15, 0.2) is 17.0 Å². The van der Waals surface area contributed by atoms with E-state index in [1.54, 1.807) is 11.3 Å². The quantitative estimate of drug-likeness (QED) is 0.769. The highest BCUT2D eigenvalue weighted by atomic mass is 32.1. The van der Waals surface area contributed by atoms with Crippen LogP contribution < -0.4 is 0 Å². The number of methoxy groups -OCH3 is 1. The number of nitrogens with zero attached hydrogens (tertiary/aromatic N) is 2. The molecule has 0 bridgehead atoms. The Kier molecular flexibility index (Phi) is 3.91. The van der Waals surface area contributed by atoms with Crippen molar-refractivity contribution in [3.63, 3.8) is 0 Å². The molecular formula is C12H16N2O2S. The third-order valence-electron chi connectivity index (χ3n) is 2.70. The average molecular weight is 252 g/mol.